The summed E-state index contributed by atoms with van der Waals surface area (Å²) in [4.78, 5) is 9.26. The Morgan fingerprint density at radius 2 is 1.66 bits per heavy atom. The average Bonchev–Trinajstić information content (AvgIpc) is 2.73. The van der Waals surface area contributed by atoms with Gasteiger partial charge in [0.1, 0.15) is 5.60 Å². The molecule has 2 fully saturated rings. The minimum atomic E-state index is -1.06. The number of hydrogen-bond acceptors (Lipinski definition) is 4. The molecule has 2 aromatic rings. The van der Waals surface area contributed by atoms with Gasteiger partial charge >= 0.3 is 0 Å². The van der Waals surface area contributed by atoms with Gasteiger partial charge in [0.2, 0.25) is 0 Å². The Morgan fingerprint density at radius 3 is 2.24 bits per heavy atom. The van der Waals surface area contributed by atoms with Gasteiger partial charge in [0.05, 0.1) is 11.9 Å². The molecular formula is C25H35N3O. The van der Waals surface area contributed by atoms with E-state index in [1.165, 1.54) is 24.8 Å². The molecule has 2 saturated heterocycles. The van der Waals surface area contributed by atoms with Crippen LogP contribution >= 0.6 is 0 Å². The molecule has 0 aliphatic carbocycles. The van der Waals surface area contributed by atoms with Crippen LogP contribution in [0, 0.1) is 5.41 Å². The molecule has 0 amide bonds. The lowest BCUT2D eigenvalue weighted by Crippen LogP contribution is -2.63. The SMILES string of the molecule is CC(C)c1ccc(C(O)(c2cncc(N3CCCCC3)c2)C2(C)CN(C)C2)cc1. The molecule has 4 rings (SSSR count). The summed E-state index contributed by atoms with van der Waals surface area (Å²) in [5, 5.41) is 12.3. The lowest BCUT2D eigenvalue weighted by Gasteiger charge is -2.56. The molecule has 1 N–H and O–H groups in total. The Hall–Kier alpha value is -1.91. The van der Waals surface area contributed by atoms with Crippen LogP contribution in [0.3, 0.4) is 0 Å². The Balaban J connectivity index is 1.77. The van der Waals surface area contributed by atoms with Crippen molar-refractivity contribution in [3.05, 3.63) is 59.4 Å². The largest absolute Gasteiger partial charge is 0.380 e. The quantitative estimate of drug-likeness (QED) is 0.818. The predicted octanol–water partition coefficient (Wildman–Crippen LogP) is 4.38. The lowest BCUT2D eigenvalue weighted by molar-refractivity contribution is -0.127. The highest BCUT2D eigenvalue weighted by atomic mass is 16.3. The Morgan fingerprint density at radius 1 is 1.00 bits per heavy atom. The molecule has 0 spiro atoms. The molecule has 1 aromatic carbocycles. The van der Waals surface area contributed by atoms with Crippen LogP contribution < -0.4 is 4.90 Å². The van der Waals surface area contributed by atoms with E-state index in [0.29, 0.717) is 5.92 Å². The number of hydrogen-bond donors (Lipinski definition) is 1. The van der Waals surface area contributed by atoms with E-state index < -0.39 is 5.60 Å². The molecule has 1 aromatic heterocycles. The van der Waals surface area contributed by atoms with Gasteiger partial charge in [0, 0.05) is 43.4 Å². The topological polar surface area (TPSA) is 39.6 Å². The summed E-state index contributed by atoms with van der Waals surface area (Å²) < 4.78 is 0. The fourth-order valence-corrected chi connectivity index (χ4v) is 5.30. The molecule has 0 radical (unpaired) electrons. The number of rotatable bonds is 5. The van der Waals surface area contributed by atoms with E-state index >= 15 is 0 Å². The van der Waals surface area contributed by atoms with E-state index in [9.17, 15) is 5.11 Å². The maximum absolute atomic E-state index is 12.3. The summed E-state index contributed by atoms with van der Waals surface area (Å²) in [6, 6.07) is 10.7. The first-order valence-electron chi connectivity index (χ1n) is 11.1. The van der Waals surface area contributed by atoms with Crippen molar-refractivity contribution in [1.29, 1.82) is 0 Å². The van der Waals surface area contributed by atoms with Crippen LogP contribution in [0.1, 0.15) is 62.6 Å². The zero-order valence-corrected chi connectivity index (χ0v) is 18.4. The van der Waals surface area contributed by atoms with Crippen molar-refractivity contribution >= 4 is 5.69 Å². The highest BCUT2D eigenvalue weighted by Gasteiger charge is 2.55. The van der Waals surface area contributed by atoms with Crippen LogP contribution in [-0.4, -0.2) is 48.2 Å². The molecule has 4 heteroatoms. The Bertz CT molecular complexity index is 835. The lowest BCUT2D eigenvalue weighted by atomic mass is 9.62. The molecule has 29 heavy (non-hydrogen) atoms. The smallest absolute Gasteiger partial charge is 0.124 e. The molecule has 2 aliphatic rings. The Labute approximate surface area is 175 Å². The predicted molar refractivity (Wildman–Crippen MR) is 119 cm³/mol. The van der Waals surface area contributed by atoms with Crippen LogP contribution in [0.25, 0.3) is 0 Å². The number of aromatic nitrogens is 1. The molecule has 0 bridgehead atoms. The molecule has 1 unspecified atom stereocenters. The summed E-state index contributed by atoms with van der Waals surface area (Å²) in [5.41, 5.74) is 3.00. The van der Waals surface area contributed by atoms with Gasteiger partial charge in [-0.25, -0.2) is 0 Å². The zero-order valence-electron chi connectivity index (χ0n) is 18.4. The van der Waals surface area contributed by atoms with E-state index in [1.54, 1.807) is 0 Å². The monoisotopic (exact) mass is 393 g/mol. The second kappa shape index (κ2) is 7.73. The van der Waals surface area contributed by atoms with Crippen LogP contribution in [-0.2, 0) is 5.60 Å². The van der Waals surface area contributed by atoms with Crippen molar-refractivity contribution in [2.75, 3.05) is 38.1 Å². The van der Waals surface area contributed by atoms with Gasteiger partial charge in [-0.2, -0.15) is 0 Å². The number of nitrogens with zero attached hydrogens (tertiary/aromatic N) is 3. The van der Waals surface area contributed by atoms with Gasteiger partial charge in [0.25, 0.3) is 0 Å². The third-order valence-electron chi connectivity index (χ3n) is 6.97. The van der Waals surface area contributed by atoms with Gasteiger partial charge in [-0.15, -0.1) is 0 Å². The van der Waals surface area contributed by atoms with E-state index in [0.717, 1.165) is 43.0 Å². The standard InChI is InChI=1S/C25H35N3O/c1-19(2)20-8-10-21(11-9-20)25(29,24(3)17-27(4)18-24)22-14-23(16-26-15-22)28-12-6-5-7-13-28/h8-11,14-16,19,29H,5-7,12-13,17-18H2,1-4H3. The van der Waals surface area contributed by atoms with E-state index in [-0.39, 0.29) is 5.41 Å². The maximum atomic E-state index is 12.3. The van der Waals surface area contributed by atoms with Gasteiger partial charge in [-0.1, -0.05) is 45.0 Å². The van der Waals surface area contributed by atoms with Crippen LogP contribution in [0.5, 0.6) is 0 Å². The highest BCUT2D eigenvalue weighted by molar-refractivity contribution is 5.51. The van der Waals surface area contributed by atoms with Crippen LogP contribution in [0.15, 0.2) is 42.7 Å². The van der Waals surface area contributed by atoms with Crippen LogP contribution in [0.2, 0.25) is 0 Å². The molecule has 0 saturated carbocycles. The zero-order chi connectivity index (χ0) is 20.6. The van der Waals surface area contributed by atoms with Crippen molar-refractivity contribution in [3.8, 4) is 0 Å². The van der Waals surface area contributed by atoms with Crippen molar-refractivity contribution in [3.63, 3.8) is 0 Å². The highest BCUT2D eigenvalue weighted by Crippen LogP contribution is 2.50. The summed E-state index contributed by atoms with van der Waals surface area (Å²) >= 11 is 0. The maximum Gasteiger partial charge on any atom is 0.124 e. The van der Waals surface area contributed by atoms with E-state index in [1.807, 2.05) is 12.4 Å². The molecule has 2 aliphatic heterocycles. The van der Waals surface area contributed by atoms with Gasteiger partial charge in [-0.05, 0) is 49.4 Å². The first kappa shape index (κ1) is 20.4. The summed E-state index contributed by atoms with van der Waals surface area (Å²) in [6.07, 6.45) is 7.58. The normalized spacial score (nSPS) is 21.7. The van der Waals surface area contributed by atoms with E-state index in [4.69, 9.17) is 0 Å². The second-order valence-electron chi connectivity index (χ2n) is 9.70. The molecular weight excluding hydrogens is 358 g/mol. The van der Waals surface area contributed by atoms with Crippen molar-refractivity contribution in [2.45, 2.75) is 51.6 Å². The first-order valence-corrected chi connectivity index (χ1v) is 11.1. The average molecular weight is 394 g/mol. The molecule has 3 heterocycles. The number of anilines is 1. The van der Waals surface area contributed by atoms with Crippen molar-refractivity contribution in [2.24, 2.45) is 5.41 Å². The summed E-state index contributed by atoms with van der Waals surface area (Å²) in [6.45, 7) is 10.5. The minimum Gasteiger partial charge on any atom is -0.380 e. The molecule has 156 valence electrons. The fraction of sp³-hybridized carbons (Fsp3) is 0.560. The third kappa shape index (κ3) is 3.57. The number of pyridine rings is 1. The van der Waals surface area contributed by atoms with Crippen molar-refractivity contribution < 1.29 is 5.11 Å². The third-order valence-corrected chi connectivity index (χ3v) is 6.97. The Kier molecular flexibility index (Phi) is 5.43. The number of benzene rings is 1. The van der Waals surface area contributed by atoms with Gasteiger partial charge in [0.15, 0.2) is 0 Å². The second-order valence-corrected chi connectivity index (χ2v) is 9.70. The first-order chi connectivity index (χ1) is 13.8. The summed E-state index contributed by atoms with van der Waals surface area (Å²) in [5.74, 6) is 0.478. The molecule has 4 nitrogen and oxygen atoms in total. The molecule has 1 atom stereocenters. The van der Waals surface area contributed by atoms with Crippen LogP contribution in [0.4, 0.5) is 5.69 Å². The van der Waals surface area contributed by atoms with Gasteiger partial charge < -0.3 is 14.9 Å². The fourth-order valence-electron chi connectivity index (χ4n) is 5.30. The number of piperidine rings is 1. The van der Waals surface area contributed by atoms with Crippen molar-refractivity contribution in [1.82, 2.24) is 9.88 Å². The summed E-state index contributed by atoms with van der Waals surface area (Å²) in [7, 11) is 2.12. The number of likely N-dealkylation sites (tertiary alicyclic amines) is 1. The number of aliphatic hydroxyl groups is 1. The van der Waals surface area contributed by atoms with E-state index in [2.05, 4.69) is 72.9 Å². The minimum absolute atomic E-state index is 0.247. The van der Waals surface area contributed by atoms with Gasteiger partial charge in [-0.3, -0.25) is 4.98 Å².